The molecule has 0 heterocycles. The number of aryl methyl sites for hydroxylation is 1. The van der Waals surface area contributed by atoms with Crippen LogP contribution in [0.5, 0.6) is 0 Å². The van der Waals surface area contributed by atoms with Crippen molar-refractivity contribution in [2.75, 3.05) is 18.9 Å². The Kier molecular flexibility index (Phi) is 8.27. The summed E-state index contributed by atoms with van der Waals surface area (Å²) in [6, 6.07) is 8.72. The summed E-state index contributed by atoms with van der Waals surface area (Å²) in [6.45, 7) is 7.60. The van der Waals surface area contributed by atoms with E-state index in [4.69, 9.17) is 0 Å². The first-order valence-corrected chi connectivity index (χ1v) is 8.63. The molecule has 1 rings (SSSR count). The van der Waals surface area contributed by atoms with E-state index < -0.39 is 0 Å². The summed E-state index contributed by atoms with van der Waals surface area (Å²) in [7, 11) is 0. The molecule has 0 radical (unpaired) electrons. The van der Waals surface area contributed by atoms with E-state index in [1.165, 1.54) is 16.9 Å². The van der Waals surface area contributed by atoms with Crippen molar-refractivity contribution >= 4 is 11.8 Å². The minimum absolute atomic E-state index is 0.107. The third kappa shape index (κ3) is 6.78. The molecular weight excluding hydrogens is 266 g/mol. The van der Waals surface area contributed by atoms with E-state index in [1.807, 2.05) is 11.8 Å². The van der Waals surface area contributed by atoms with Crippen LogP contribution in [0.4, 0.5) is 0 Å². The lowest BCUT2D eigenvalue weighted by Gasteiger charge is -2.28. The molecule has 114 valence electrons. The van der Waals surface area contributed by atoms with Crippen LogP contribution in [0.2, 0.25) is 0 Å². The van der Waals surface area contributed by atoms with Crippen molar-refractivity contribution in [2.24, 2.45) is 0 Å². The van der Waals surface area contributed by atoms with Crippen molar-refractivity contribution in [3.63, 3.8) is 0 Å². The Labute approximate surface area is 128 Å². The highest BCUT2D eigenvalue weighted by atomic mass is 32.2. The van der Waals surface area contributed by atoms with Gasteiger partial charge in [0.05, 0.1) is 6.61 Å². The van der Waals surface area contributed by atoms with E-state index in [9.17, 15) is 5.11 Å². The Morgan fingerprint density at radius 1 is 1.20 bits per heavy atom. The predicted octanol–water partition coefficient (Wildman–Crippen LogP) is 4.01. The second-order valence-corrected chi connectivity index (χ2v) is 6.93. The van der Waals surface area contributed by atoms with Crippen molar-refractivity contribution < 1.29 is 5.11 Å². The average Bonchev–Trinajstić information content (AvgIpc) is 2.47. The van der Waals surface area contributed by atoms with Gasteiger partial charge in [-0.15, -0.1) is 11.8 Å². The minimum atomic E-state index is -0.107. The van der Waals surface area contributed by atoms with Gasteiger partial charge in [0, 0.05) is 10.4 Å². The van der Waals surface area contributed by atoms with Crippen molar-refractivity contribution in [3.8, 4) is 0 Å². The first-order chi connectivity index (χ1) is 9.59. The molecule has 0 aliphatic heterocycles. The molecule has 1 aromatic rings. The fraction of sp³-hybridized carbons (Fsp3) is 0.647. The standard InChI is InChI=1S/C17H29NOS/c1-4-12-18-17(3,14-19)11-5-6-13-20-16-9-7-15(2)8-10-16/h7-10,18-19H,4-6,11-14H2,1-3H3. The molecule has 0 saturated carbocycles. The van der Waals surface area contributed by atoms with Crippen molar-refractivity contribution in [3.05, 3.63) is 29.8 Å². The molecule has 0 amide bonds. The van der Waals surface area contributed by atoms with Crippen LogP contribution in [-0.4, -0.2) is 29.5 Å². The zero-order valence-corrected chi connectivity index (χ0v) is 13.9. The van der Waals surface area contributed by atoms with Crippen molar-refractivity contribution in [1.29, 1.82) is 0 Å². The van der Waals surface area contributed by atoms with Gasteiger partial charge in [0.15, 0.2) is 0 Å². The van der Waals surface area contributed by atoms with Gasteiger partial charge in [-0.1, -0.05) is 31.0 Å². The van der Waals surface area contributed by atoms with Crippen LogP contribution in [0, 0.1) is 6.92 Å². The van der Waals surface area contributed by atoms with Crippen LogP contribution >= 0.6 is 11.8 Å². The molecular formula is C17H29NOS. The van der Waals surface area contributed by atoms with Gasteiger partial charge in [0.2, 0.25) is 0 Å². The third-order valence-corrected chi connectivity index (χ3v) is 4.66. The summed E-state index contributed by atoms with van der Waals surface area (Å²) >= 11 is 1.92. The predicted molar refractivity (Wildman–Crippen MR) is 89.5 cm³/mol. The summed E-state index contributed by atoms with van der Waals surface area (Å²) in [5.41, 5.74) is 1.21. The van der Waals surface area contributed by atoms with Crippen LogP contribution < -0.4 is 5.32 Å². The molecule has 0 spiro atoms. The number of unbranched alkanes of at least 4 members (excludes halogenated alkanes) is 1. The number of aliphatic hydroxyl groups is 1. The zero-order chi connectivity index (χ0) is 14.8. The minimum Gasteiger partial charge on any atom is -0.394 e. The summed E-state index contributed by atoms with van der Waals surface area (Å²) in [5, 5.41) is 13.0. The highest BCUT2D eigenvalue weighted by Crippen LogP contribution is 2.21. The van der Waals surface area contributed by atoms with Gasteiger partial charge >= 0.3 is 0 Å². The Morgan fingerprint density at radius 2 is 1.90 bits per heavy atom. The fourth-order valence-corrected chi connectivity index (χ4v) is 3.00. The quantitative estimate of drug-likeness (QED) is 0.505. The molecule has 0 aromatic heterocycles. The van der Waals surface area contributed by atoms with Gasteiger partial charge in [0.1, 0.15) is 0 Å². The lowest BCUT2D eigenvalue weighted by Crippen LogP contribution is -2.46. The van der Waals surface area contributed by atoms with Gasteiger partial charge in [-0.25, -0.2) is 0 Å². The Bertz CT molecular complexity index is 366. The van der Waals surface area contributed by atoms with Gasteiger partial charge in [-0.05, 0) is 57.5 Å². The lowest BCUT2D eigenvalue weighted by atomic mass is 9.96. The van der Waals surface area contributed by atoms with Crippen LogP contribution in [0.1, 0.15) is 45.1 Å². The normalized spacial score (nSPS) is 14.2. The van der Waals surface area contributed by atoms with E-state index in [2.05, 4.69) is 50.4 Å². The van der Waals surface area contributed by atoms with Crippen molar-refractivity contribution in [1.82, 2.24) is 5.32 Å². The summed E-state index contributed by atoms with van der Waals surface area (Å²) in [5.74, 6) is 1.15. The molecule has 0 saturated heterocycles. The maximum Gasteiger partial charge on any atom is 0.0610 e. The fourth-order valence-electron chi connectivity index (χ4n) is 2.09. The SMILES string of the molecule is CCCNC(C)(CO)CCCCSc1ccc(C)cc1. The highest BCUT2D eigenvalue weighted by molar-refractivity contribution is 7.99. The van der Waals surface area contributed by atoms with Crippen LogP contribution in [0.3, 0.4) is 0 Å². The van der Waals surface area contributed by atoms with Gasteiger partial charge < -0.3 is 10.4 Å². The third-order valence-electron chi connectivity index (χ3n) is 3.56. The molecule has 2 nitrogen and oxygen atoms in total. The number of hydrogen-bond acceptors (Lipinski definition) is 3. The van der Waals surface area contributed by atoms with Gasteiger partial charge in [-0.2, -0.15) is 0 Å². The summed E-state index contributed by atoms with van der Waals surface area (Å²) in [6.07, 6.45) is 4.51. The molecule has 1 atom stereocenters. The molecule has 3 heteroatoms. The topological polar surface area (TPSA) is 32.3 Å². The maximum absolute atomic E-state index is 9.50. The molecule has 0 aliphatic carbocycles. The van der Waals surface area contributed by atoms with Crippen LogP contribution in [-0.2, 0) is 0 Å². The maximum atomic E-state index is 9.50. The van der Waals surface area contributed by atoms with Gasteiger partial charge in [-0.3, -0.25) is 0 Å². The number of benzene rings is 1. The first kappa shape index (κ1) is 17.5. The van der Waals surface area contributed by atoms with E-state index in [1.54, 1.807) is 0 Å². The Balaban J connectivity index is 2.18. The van der Waals surface area contributed by atoms with Crippen LogP contribution in [0.15, 0.2) is 29.2 Å². The second-order valence-electron chi connectivity index (χ2n) is 5.76. The summed E-state index contributed by atoms with van der Waals surface area (Å²) in [4.78, 5) is 1.35. The zero-order valence-electron chi connectivity index (χ0n) is 13.1. The molecule has 20 heavy (non-hydrogen) atoms. The van der Waals surface area contributed by atoms with Crippen molar-refractivity contribution in [2.45, 2.75) is 56.9 Å². The molecule has 1 unspecified atom stereocenters. The average molecular weight is 295 g/mol. The first-order valence-electron chi connectivity index (χ1n) is 7.65. The van der Waals surface area contributed by atoms with E-state index in [-0.39, 0.29) is 12.1 Å². The van der Waals surface area contributed by atoms with E-state index >= 15 is 0 Å². The Morgan fingerprint density at radius 3 is 2.50 bits per heavy atom. The number of rotatable bonds is 10. The second kappa shape index (κ2) is 9.43. The highest BCUT2D eigenvalue weighted by Gasteiger charge is 2.21. The van der Waals surface area contributed by atoms with Gasteiger partial charge in [0.25, 0.3) is 0 Å². The largest absolute Gasteiger partial charge is 0.394 e. The molecule has 1 aromatic carbocycles. The van der Waals surface area contributed by atoms with Crippen LogP contribution in [0.25, 0.3) is 0 Å². The van der Waals surface area contributed by atoms with E-state index in [0.29, 0.717) is 0 Å². The summed E-state index contributed by atoms with van der Waals surface area (Å²) < 4.78 is 0. The number of thioether (sulfide) groups is 1. The lowest BCUT2D eigenvalue weighted by molar-refractivity contribution is 0.163. The molecule has 0 aliphatic rings. The number of nitrogens with one attached hydrogen (secondary N) is 1. The number of aliphatic hydroxyl groups excluding tert-OH is 1. The van der Waals surface area contributed by atoms with E-state index in [0.717, 1.165) is 31.6 Å². The Hall–Kier alpha value is -0.510. The smallest absolute Gasteiger partial charge is 0.0610 e. The molecule has 0 bridgehead atoms. The number of hydrogen-bond donors (Lipinski definition) is 2. The molecule has 2 N–H and O–H groups in total. The monoisotopic (exact) mass is 295 g/mol. The molecule has 0 fully saturated rings.